The number of hydrogen-bond acceptors (Lipinski definition) is 3. The summed E-state index contributed by atoms with van der Waals surface area (Å²) in [5.74, 6) is -0.0797. The second-order valence-electron chi connectivity index (χ2n) is 4.25. The Balaban J connectivity index is 1.84. The van der Waals surface area contributed by atoms with E-state index in [4.69, 9.17) is 0 Å². The molecule has 0 fully saturated rings. The molecule has 0 aliphatic carbocycles. The second kappa shape index (κ2) is 5.73. The summed E-state index contributed by atoms with van der Waals surface area (Å²) in [6.45, 7) is 0.522. The zero-order chi connectivity index (χ0) is 13.9. The first-order valence-corrected chi connectivity index (χ1v) is 7.77. The second-order valence-corrected chi connectivity index (χ2v) is 6.11. The number of pyridine rings is 1. The number of carbonyl (C=O) groups is 1. The molecule has 1 amide bonds. The van der Waals surface area contributed by atoms with E-state index >= 15 is 0 Å². The number of carbonyl (C=O) groups excluding carboxylic acids is 1. The van der Waals surface area contributed by atoms with Crippen LogP contribution in [0.4, 0.5) is 0 Å². The third-order valence-electron chi connectivity index (χ3n) is 2.99. The molecule has 0 unspecified atom stereocenters. The van der Waals surface area contributed by atoms with Gasteiger partial charge in [0.1, 0.15) is 0 Å². The molecular formula is C15H11BrN2OS. The van der Waals surface area contributed by atoms with Gasteiger partial charge in [0.25, 0.3) is 5.91 Å². The summed E-state index contributed by atoms with van der Waals surface area (Å²) in [4.78, 5) is 17.7. The number of halogens is 1. The van der Waals surface area contributed by atoms with E-state index in [1.165, 1.54) is 0 Å². The van der Waals surface area contributed by atoms with Crippen LogP contribution >= 0.6 is 27.3 Å². The topological polar surface area (TPSA) is 42.0 Å². The SMILES string of the molecule is O=C(NCc1sccc1Br)c1ccnc2ccccc12. The molecule has 0 bridgehead atoms. The van der Waals surface area contributed by atoms with Gasteiger partial charge in [-0.05, 0) is 39.5 Å². The maximum Gasteiger partial charge on any atom is 0.252 e. The fraction of sp³-hybridized carbons (Fsp3) is 0.0667. The Kier molecular flexibility index (Phi) is 3.80. The van der Waals surface area contributed by atoms with Crippen LogP contribution in [0.3, 0.4) is 0 Å². The summed E-state index contributed by atoms with van der Waals surface area (Å²) >= 11 is 5.08. The highest BCUT2D eigenvalue weighted by molar-refractivity contribution is 9.10. The largest absolute Gasteiger partial charge is 0.347 e. The van der Waals surface area contributed by atoms with Crippen molar-refractivity contribution in [1.82, 2.24) is 10.3 Å². The van der Waals surface area contributed by atoms with E-state index in [0.29, 0.717) is 12.1 Å². The predicted octanol–water partition coefficient (Wildman–Crippen LogP) is 3.99. The van der Waals surface area contributed by atoms with E-state index < -0.39 is 0 Å². The summed E-state index contributed by atoms with van der Waals surface area (Å²) in [5.41, 5.74) is 1.49. The summed E-state index contributed by atoms with van der Waals surface area (Å²) in [7, 11) is 0. The first-order chi connectivity index (χ1) is 9.75. The van der Waals surface area contributed by atoms with Crippen molar-refractivity contribution in [1.29, 1.82) is 0 Å². The van der Waals surface area contributed by atoms with Crippen LogP contribution in [-0.2, 0) is 6.54 Å². The van der Waals surface area contributed by atoms with Gasteiger partial charge in [0, 0.05) is 20.9 Å². The molecule has 0 aliphatic heterocycles. The van der Waals surface area contributed by atoms with Gasteiger partial charge in [-0.1, -0.05) is 18.2 Å². The molecule has 0 aliphatic rings. The van der Waals surface area contributed by atoms with Gasteiger partial charge in [-0.25, -0.2) is 0 Å². The number of benzene rings is 1. The van der Waals surface area contributed by atoms with E-state index in [9.17, 15) is 4.79 Å². The Morgan fingerprint density at radius 3 is 2.90 bits per heavy atom. The van der Waals surface area contributed by atoms with E-state index in [-0.39, 0.29) is 5.91 Å². The molecule has 3 nitrogen and oxygen atoms in total. The lowest BCUT2D eigenvalue weighted by Gasteiger charge is -2.07. The van der Waals surface area contributed by atoms with Gasteiger partial charge in [0.15, 0.2) is 0 Å². The molecule has 2 heterocycles. The third-order valence-corrected chi connectivity index (χ3v) is 4.92. The fourth-order valence-electron chi connectivity index (χ4n) is 2.00. The van der Waals surface area contributed by atoms with Crippen LogP contribution in [0.1, 0.15) is 15.2 Å². The molecule has 0 saturated heterocycles. The molecule has 3 aromatic rings. The normalized spacial score (nSPS) is 10.7. The van der Waals surface area contributed by atoms with Crippen molar-refractivity contribution in [3.8, 4) is 0 Å². The Morgan fingerprint density at radius 2 is 2.10 bits per heavy atom. The molecule has 20 heavy (non-hydrogen) atoms. The van der Waals surface area contributed by atoms with Gasteiger partial charge < -0.3 is 5.32 Å². The molecule has 0 saturated carbocycles. The number of para-hydroxylation sites is 1. The van der Waals surface area contributed by atoms with E-state index in [2.05, 4.69) is 26.2 Å². The van der Waals surface area contributed by atoms with Gasteiger partial charge in [0.2, 0.25) is 0 Å². The smallest absolute Gasteiger partial charge is 0.252 e. The minimum absolute atomic E-state index is 0.0797. The standard InChI is InChI=1S/C15H11BrN2OS/c16-12-6-8-20-14(12)9-18-15(19)11-5-7-17-13-4-2-1-3-10(11)13/h1-8H,9H2,(H,18,19). The third kappa shape index (κ3) is 2.59. The van der Waals surface area contributed by atoms with Crippen LogP contribution in [0.5, 0.6) is 0 Å². The average molecular weight is 347 g/mol. The van der Waals surface area contributed by atoms with Crippen molar-refractivity contribution in [2.75, 3.05) is 0 Å². The first kappa shape index (κ1) is 13.3. The van der Waals surface area contributed by atoms with Crippen LogP contribution in [0.15, 0.2) is 52.4 Å². The zero-order valence-corrected chi connectivity index (χ0v) is 12.9. The number of hydrogen-bond donors (Lipinski definition) is 1. The molecule has 0 atom stereocenters. The Bertz CT molecular complexity index is 764. The van der Waals surface area contributed by atoms with Gasteiger partial charge in [-0.15, -0.1) is 11.3 Å². The monoisotopic (exact) mass is 346 g/mol. The first-order valence-electron chi connectivity index (χ1n) is 6.09. The van der Waals surface area contributed by atoms with Crippen LogP contribution < -0.4 is 5.32 Å². The van der Waals surface area contributed by atoms with Crippen molar-refractivity contribution in [2.45, 2.75) is 6.54 Å². The minimum Gasteiger partial charge on any atom is -0.347 e. The molecule has 100 valence electrons. The maximum absolute atomic E-state index is 12.3. The minimum atomic E-state index is -0.0797. The van der Waals surface area contributed by atoms with Crippen LogP contribution in [-0.4, -0.2) is 10.9 Å². The van der Waals surface area contributed by atoms with Gasteiger partial charge in [-0.2, -0.15) is 0 Å². The number of fused-ring (bicyclic) bond motifs is 1. The number of nitrogens with zero attached hydrogens (tertiary/aromatic N) is 1. The van der Waals surface area contributed by atoms with E-state index in [0.717, 1.165) is 20.3 Å². The molecule has 5 heteroatoms. The highest BCUT2D eigenvalue weighted by atomic mass is 79.9. The molecule has 1 aromatic carbocycles. The van der Waals surface area contributed by atoms with Gasteiger partial charge in [0.05, 0.1) is 17.6 Å². The van der Waals surface area contributed by atoms with Crippen LogP contribution in [0, 0.1) is 0 Å². The van der Waals surface area contributed by atoms with E-state index in [1.54, 1.807) is 23.6 Å². The zero-order valence-electron chi connectivity index (χ0n) is 10.5. The molecule has 3 rings (SSSR count). The molecule has 0 radical (unpaired) electrons. The number of aromatic nitrogens is 1. The Morgan fingerprint density at radius 1 is 1.25 bits per heavy atom. The Hall–Kier alpha value is -1.72. The summed E-state index contributed by atoms with van der Waals surface area (Å²) in [6.07, 6.45) is 1.66. The highest BCUT2D eigenvalue weighted by Gasteiger charge is 2.11. The van der Waals surface area contributed by atoms with Gasteiger partial charge in [-0.3, -0.25) is 9.78 Å². The summed E-state index contributed by atoms with van der Waals surface area (Å²) < 4.78 is 1.03. The van der Waals surface area contributed by atoms with E-state index in [1.807, 2.05) is 35.7 Å². The number of thiophene rings is 1. The highest BCUT2D eigenvalue weighted by Crippen LogP contribution is 2.22. The Labute approximate surface area is 128 Å². The lowest BCUT2D eigenvalue weighted by Crippen LogP contribution is -2.22. The lowest BCUT2D eigenvalue weighted by atomic mass is 10.1. The summed E-state index contributed by atoms with van der Waals surface area (Å²) in [5, 5.41) is 5.81. The number of rotatable bonds is 3. The van der Waals surface area contributed by atoms with Gasteiger partial charge >= 0.3 is 0 Å². The predicted molar refractivity (Wildman–Crippen MR) is 84.9 cm³/mol. The summed E-state index contributed by atoms with van der Waals surface area (Å²) in [6, 6.07) is 11.4. The van der Waals surface area contributed by atoms with Crippen molar-refractivity contribution in [3.63, 3.8) is 0 Å². The fourth-order valence-corrected chi connectivity index (χ4v) is 3.43. The molecular weight excluding hydrogens is 336 g/mol. The van der Waals surface area contributed by atoms with Crippen molar-refractivity contribution in [3.05, 3.63) is 62.9 Å². The van der Waals surface area contributed by atoms with Crippen molar-refractivity contribution >= 4 is 44.1 Å². The molecule has 2 aromatic heterocycles. The number of amides is 1. The maximum atomic E-state index is 12.3. The van der Waals surface area contributed by atoms with Crippen molar-refractivity contribution in [2.24, 2.45) is 0 Å². The quantitative estimate of drug-likeness (QED) is 0.778. The van der Waals surface area contributed by atoms with Crippen LogP contribution in [0.2, 0.25) is 0 Å². The van der Waals surface area contributed by atoms with Crippen molar-refractivity contribution < 1.29 is 4.79 Å². The number of nitrogens with one attached hydrogen (secondary N) is 1. The average Bonchev–Trinajstić information content (AvgIpc) is 2.89. The molecule has 0 spiro atoms. The van der Waals surface area contributed by atoms with Crippen LogP contribution in [0.25, 0.3) is 10.9 Å². The lowest BCUT2D eigenvalue weighted by molar-refractivity contribution is 0.0953. The molecule has 1 N–H and O–H groups in total.